The van der Waals surface area contributed by atoms with E-state index in [0.717, 1.165) is 12.1 Å². The van der Waals surface area contributed by atoms with Crippen LogP contribution in [0.25, 0.3) is 0 Å². The van der Waals surface area contributed by atoms with Gasteiger partial charge in [-0.25, -0.2) is 8.78 Å². The first kappa shape index (κ1) is 17.0. The molecule has 1 aliphatic heterocycles. The molecule has 1 aromatic carbocycles. The molecule has 0 saturated carbocycles. The van der Waals surface area contributed by atoms with Crippen molar-refractivity contribution in [3.63, 3.8) is 0 Å². The van der Waals surface area contributed by atoms with Crippen molar-refractivity contribution in [3.8, 4) is 0 Å². The molecular formula is C13H11ClF5NO2. The van der Waals surface area contributed by atoms with Crippen molar-refractivity contribution in [1.82, 2.24) is 4.90 Å². The first-order valence-corrected chi connectivity index (χ1v) is 6.68. The number of aliphatic carboxylic acids is 1. The van der Waals surface area contributed by atoms with E-state index in [9.17, 15) is 26.7 Å². The molecule has 1 heterocycles. The third-order valence-electron chi connectivity index (χ3n) is 3.65. The van der Waals surface area contributed by atoms with Gasteiger partial charge < -0.3 is 5.11 Å². The molecule has 0 aromatic heterocycles. The van der Waals surface area contributed by atoms with Crippen LogP contribution in [0.4, 0.5) is 22.0 Å². The Balaban J connectivity index is 2.34. The van der Waals surface area contributed by atoms with E-state index < -0.39 is 53.9 Å². The molecule has 3 nitrogen and oxygen atoms in total. The summed E-state index contributed by atoms with van der Waals surface area (Å²) in [5.41, 5.74) is -0.284. The molecule has 1 saturated heterocycles. The van der Waals surface area contributed by atoms with E-state index in [0.29, 0.717) is 4.90 Å². The predicted molar refractivity (Wildman–Crippen MR) is 67.4 cm³/mol. The Labute approximate surface area is 127 Å². The first-order chi connectivity index (χ1) is 10.1. The fourth-order valence-electron chi connectivity index (χ4n) is 2.59. The monoisotopic (exact) mass is 343 g/mol. The maximum atomic E-state index is 13.8. The lowest BCUT2D eigenvalue weighted by atomic mass is 10.1. The molecule has 1 fully saturated rings. The Morgan fingerprint density at radius 1 is 1.32 bits per heavy atom. The number of carboxylic acid groups (broad SMARTS) is 1. The third-order valence-corrected chi connectivity index (χ3v) is 3.99. The van der Waals surface area contributed by atoms with E-state index in [-0.39, 0.29) is 12.0 Å². The largest absolute Gasteiger partial charge is 0.480 e. The highest BCUT2D eigenvalue weighted by molar-refractivity contribution is 6.30. The summed E-state index contributed by atoms with van der Waals surface area (Å²) in [7, 11) is 0. The van der Waals surface area contributed by atoms with Crippen molar-refractivity contribution in [2.24, 2.45) is 0 Å². The van der Waals surface area contributed by atoms with Gasteiger partial charge >= 0.3 is 12.1 Å². The Kier molecular flexibility index (Phi) is 4.62. The lowest BCUT2D eigenvalue weighted by Crippen LogP contribution is -2.46. The van der Waals surface area contributed by atoms with Gasteiger partial charge in [-0.1, -0.05) is 17.7 Å². The molecule has 2 unspecified atom stereocenters. The molecule has 9 heteroatoms. The van der Waals surface area contributed by atoms with Gasteiger partial charge in [0.1, 0.15) is 28.7 Å². The van der Waals surface area contributed by atoms with Gasteiger partial charge in [-0.15, -0.1) is 0 Å². The number of hydrogen-bond donors (Lipinski definition) is 1. The second-order valence-electron chi connectivity index (χ2n) is 5.00. The molecule has 1 aromatic rings. The number of alkyl halides is 3. The van der Waals surface area contributed by atoms with Crippen molar-refractivity contribution in [1.29, 1.82) is 0 Å². The molecule has 0 aliphatic carbocycles. The van der Waals surface area contributed by atoms with E-state index in [2.05, 4.69) is 0 Å². The van der Waals surface area contributed by atoms with E-state index in [1.165, 1.54) is 0 Å². The zero-order valence-corrected chi connectivity index (χ0v) is 11.8. The maximum absolute atomic E-state index is 13.8. The molecule has 0 spiro atoms. The number of rotatable bonds is 3. The molecular weight excluding hydrogens is 333 g/mol. The van der Waals surface area contributed by atoms with Gasteiger partial charge in [0.15, 0.2) is 0 Å². The van der Waals surface area contributed by atoms with Gasteiger partial charge in [-0.3, -0.25) is 9.69 Å². The number of nitrogens with zero attached hydrogens (tertiary/aromatic N) is 1. The Morgan fingerprint density at radius 2 is 1.95 bits per heavy atom. The van der Waals surface area contributed by atoms with E-state index in [1.54, 1.807) is 0 Å². The van der Waals surface area contributed by atoms with Crippen LogP contribution >= 0.6 is 11.6 Å². The zero-order chi connectivity index (χ0) is 16.7. The fourth-order valence-corrected chi connectivity index (χ4v) is 2.77. The quantitative estimate of drug-likeness (QED) is 0.673. The molecule has 1 N–H and O–H groups in total. The number of carbonyl (C=O) groups is 1. The standard InChI is InChI=1S/C13H11ClF5NO2/c14-10-7(15)2-1-6(11(10)16)5-20-8(12(21)22)3-4-9(20)13(17,18)19/h1-2,8-9H,3-5H2,(H,21,22). The number of halogens is 6. The smallest absolute Gasteiger partial charge is 0.404 e. The van der Waals surface area contributed by atoms with Crippen LogP contribution in [0.1, 0.15) is 18.4 Å². The SMILES string of the molecule is O=C(O)C1CCC(C(F)(F)F)N1Cc1ccc(F)c(Cl)c1F. The topological polar surface area (TPSA) is 40.5 Å². The second-order valence-corrected chi connectivity index (χ2v) is 5.37. The maximum Gasteiger partial charge on any atom is 0.404 e. The summed E-state index contributed by atoms with van der Waals surface area (Å²) in [5.74, 6) is -3.63. The van der Waals surface area contributed by atoms with Crippen LogP contribution in [-0.2, 0) is 11.3 Å². The zero-order valence-electron chi connectivity index (χ0n) is 11.0. The minimum atomic E-state index is -4.63. The lowest BCUT2D eigenvalue weighted by molar-refractivity contribution is -0.183. The summed E-state index contributed by atoms with van der Waals surface area (Å²) < 4.78 is 65.9. The Morgan fingerprint density at radius 3 is 2.50 bits per heavy atom. The number of likely N-dealkylation sites (tertiary alicyclic amines) is 1. The summed E-state index contributed by atoms with van der Waals surface area (Å²) >= 11 is 5.39. The number of carboxylic acids is 1. The van der Waals surface area contributed by atoms with Crippen LogP contribution in [0.15, 0.2) is 12.1 Å². The molecule has 0 amide bonds. The minimum Gasteiger partial charge on any atom is -0.480 e. The summed E-state index contributed by atoms with van der Waals surface area (Å²) in [6, 6.07) is -1.58. The average molecular weight is 344 g/mol. The molecule has 0 radical (unpaired) electrons. The molecule has 122 valence electrons. The molecule has 2 atom stereocenters. The Bertz CT molecular complexity index is 593. The Hall–Kier alpha value is -1.41. The van der Waals surface area contributed by atoms with Crippen molar-refractivity contribution in [2.45, 2.75) is 37.6 Å². The van der Waals surface area contributed by atoms with Crippen molar-refractivity contribution >= 4 is 17.6 Å². The fraction of sp³-hybridized carbons (Fsp3) is 0.462. The summed E-state index contributed by atoms with van der Waals surface area (Å²) in [6.07, 6.45) is -5.22. The van der Waals surface area contributed by atoms with Gasteiger partial charge in [0.25, 0.3) is 0 Å². The number of benzene rings is 1. The van der Waals surface area contributed by atoms with Crippen molar-refractivity contribution < 1.29 is 31.9 Å². The van der Waals surface area contributed by atoms with Crippen LogP contribution in [0, 0.1) is 11.6 Å². The highest BCUT2D eigenvalue weighted by atomic mass is 35.5. The van der Waals surface area contributed by atoms with Gasteiger partial charge in [0.2, 0.25) is 0 Å². The molecule has 1 aliphatic rings. The average Bonchev–Trinajstić information content (AvgIpc) is 2.83. The highest BCUT2D eigenvalue weighted by Gasteiger charge is 2.51. The highest BCUT2D eigenvalue weighted by Crippen LogP contribution is 2.37. The van der Waals surface area contributed by atoms with Crippen LogP contribution in [0.3, 0.4) is 0 Å². The molecule has 22 heavy (non-hydrogen) atoms. The molecule has 2 rings (SSSR count). The van der Waals surface area contributed by atoms with Gasteiger partial charge in [-0.2, -0.15) is 13.2 Å². The van der Waals surface area contributed by atoms with Crippen molar-refractivity contribution in [3.05, 3.63) is 34.4 Å². The predicted octanol–water partition coefficient (Wildman–Crippen LogP) is 3.60. The third kappa shape index (κ3) is 3.17. The molecule has 0 bridgehead atoms. The second kappa shape index (κ2) is 6.00. The van der Waals surface area contributed by atoms with Crippen LogP contribution in [0.2, 0.25) is 5.02 Å². The first-order valence-electron chi connectivity index (χ1n) is 6.30. The van der Waals surface area contributed by atoms with Gasteiger partial charge in [-0.05, 0) is 18.9 Å². The summed E-state index contributed by atoms with van der Waals surface area (Å²) in [6.45, 7) is -0.618. The van der Waals surface area contributed by atoms with E-state index in [1.807, 2.05) is 0 Å². The van der Waals surface area contributed by atoms with Crippen LogP contribution < -0.4 is 0 Å². The lowest BCUT2D eigenvalue weighted by Gasteiger charge is -2.29. The van der Waals surface area contributed by atoms with Crippen LogP contribution in [-0.4, -0.2) is 34.2 Å². The minimum absolute atomic E-state index is 0.198. The van der Waals surface area contributed by atoms with Crippen molar-refractivity contribution in [2.75, 3.05) is 0 Å². The van der Waals surface area contributed by atoms with E-state index in [4.69, 9.17) is 16.7 Å². The van der Waals surface area contributed by atoms with Gasteiger partial charge in [0, 0.05) is 12.1 Å². The van der Waals surface area contributed by atoms with E-state index >= 15 is 0 Å². The number of hydrogen-bond acceptors (Lipinski definition) is 2. The van der Waals surface area contributed by atoms with Crippen LogP contribution in [0.5, 0.6) is 0 Å². The normalized spacial score (nSPS) is 23.0. The van der Waals surface area contributed by atoms with Gasteiger partial charge in [0.05, 0.1) is 0 Å². The summed E-state index contributed by atoms with van der Waals surface area (Å²) in [4.78, 5) is 11.8. The summed E-state index contributed by atoms with van der Waals surface area (Å²) in [5, 5.41) is 8.20.